The summed E-state index contributed by atoms with van der Waals surface area (Å²) >= 11 is 0. The highest BCUT2D eigenvalue weighted by Gasteiger charge is 2.16. The number of aromatic amines is 1. The van der Waals surface area contributed by atoms with Crippen molar-refractivity contribution in [3.63, 3.8) is 0 Å². The number of benzene rings is 2. The van der Waals surface area contributed by atoms with Crippen molar-refractivity contribution in [2.75, 3.05) is 0 Å². The van der Waals surface area contributed by atoms with E-state index >= 15 is 0 Å². The highest BCUT2D eigenvalue weighted by Crippen LogP contribution is 2.36. The van der Waals surface area contributed by atoms with Crippen LogP contribution >= 0.6 is 0 Å². The van der Waals surface area contributed by atoms with E-state index in [9.17, 15) is 33.0 Å². The van der Waals surface area contributed by atoms with Gasteiger partial charge < -0.3 is 9.66 Å². The second kappa shape index (κ2) is 7.29. The maximum absolute atomic E-state index is 12.5. The normalized spacial score (nSPS) is 11.8. The van der Waals surface area contributed by atoms with E-state index in [4.69, 9.17) is 0 Å². The zero-order chi connectivity index (χ0) is 21.3. The fraction of sp³-hybridized carbons (Fsp3) is 0.0625. The molecule has 1 heterocycles. The lowest BCUT2D eigenvalue weighted by atomic mass is 10.2. The van der Waals surface area contributed by atoms with Gasteiger partial charge in [0.25, 0.3) is 11.2 Å². The fourth-order valence-electron chi connectivity index (χ4n) is 2.46. The first kappa shape index (κ1) is 19.9. The van der Waals surface area contributed by atoms with Crippen LogP contribution in [0.5, 0.6) is 5.75 Å². The Hall–Kier alpha value is -3.84. The Labute approximate surface area is 162 Å². The molecule has 3 aromatic rings. The van der Waals surface area contributed by atoms with Gasteiger partial charge in [0.05, 0.1) is 26.9 Å². The molecule has 0 fully saturated rings. The third-order valence-corrected chi connectivity index (χ3v) is 4.65. The Morgan fingerprint density at radius 3 is 2.38 bits per heavy atom. The van der Waals surface area contributed by atoms with Gasteiger partial charge in [0.1, 0.15) is 10.1 Å². The first-order chi connectivity index (χ1) is 13.6. The molecule has 0 unspecified atom stereocenters. The smallest absolute Gasteiger partial charge is 0.299 e. The molecule has 0 saturated carbocycles. The lowest BCUT2D eigenvalue weighted by Crippen LogP contribution is -2.13. The molecule has 0 aliphatic carbocycles. The number of para-hydroxylation sites is 1. The van der Waals surface area contributed by atoms with Crippen molar-refractivity contribution in [3.8, 4) is 11.4 Å². The Kier molecular flexibility index (Phi) is 5.01. The van der Waals surface area contributed by atoms with E-state index in [2.05, 4.69) is 15.3 Å². The summed E-state index contributed by atoms with van der Waals surface area (Å²) in [5.41, 5.74) is -1.64. The Morgan fingerprint density at radius 2 is 1.79 bits per heavy atom. The molecule has 0 radical (unpaired) electrons. The van der Waals surface area contributed by atoms with Crippen molar-refractivity contribution in [3.05, 3.63) is 68.6 Å². The van der Waals surface area contributed by atoms with Crippen molar-refractivity contribution in [1.29, 1.82) is 0 Å². The van der Waals surface area contributed by atoms with Crippen molar-refractivity contribution >= 4 is 27.2 Å². The van der Waals surface area contributed by atoms with E-state index in [1.807, 2.05) is 0 Å². The van der Waals surface area contributed by atoms with E-state index in [0.29, 0.717) is 17.8 Å². The molecule has 0 saturated heterocycles. The van der Waals surface area contributed by atoms with Gasteiger partial charge in [-0.05, 0) is 19.1 Å². The summed E-state index contributed by atoms with van der Waals surface area (Å²) in [7, 11) is -5.28. The SMILES string of the molecule is Cc1[nH]n(-c2ccccc2)c(=O)c1N=Nc1cc([N+](=O)[O-])cc(S(=O)(=O)[O-])c1[O-]. The van der Waals surface area contributed by atoms with Crippen LogP contribution in [0.15, 0.2) is 62.4 Å². The van der Waals surface area contributed by atoms with Crippen LogP contribution in [-0.4, -0.2) is 27.7 Å². The number of aryl methyl sites for hydroxylation is 1. The second-order valence-corrected chi connectivity index (χ2v) is 7.11. The fourth-order valence-corrected chi connectivity index (χ4v) is 3.05. The number of nitro benzene ring substituents is 1. The predicted octanol–water partition coefficient (Wildman–Crippen LogP) is 1.78. The molecular weight excluding hydrogens is 406 g/mol. The zero-order valence-corrected chi connectivity index (χ0v) is 15.4. The quantitative estimate of drug-likeness (QED) is 0.283. The Balaban J connectivity index is 2.12. The summed E-state index contributed by atoms with van der Waals surface area (Å²) in [4.78, 5) is 21.2. The summed E-state index contributed by atoms with van der Waals surface area (Å²) in [5.74, 6) is -1.36. The van der Waals surface area contributed by atoms with Crippen molar-refractivity contribution < 1.29 is 23.0 Å². The summed E-state index contributed by atoms with van der Waals surface area (Å²) < 4.78 is 34.8. The molecule has 0 aliphatic heterocycles. The van der Waals surface area contributed by atoms with Crippen LogP contribution in [0.1, 0.15) is 5.69 Å². The van der Waals surface area contributed by atoms with Crippen LogP contribution in [0.25, 0.3) is 5.69 Å². The lowest BCUT2D eigenvalue weighted by molar-refractivity contribution is -0.385. The number of hydrogen-bond acceptors (Lipinski definition) is 9. The number of H-pyrrole nitrogens is 1. The monoisotopic (exact) mass is 417 g/mol. The topological polar surface area (TPSA) is 186 Å². The van der Waals surface area contributed by atoms with Crippen LogP contribution < -0.4 is 10.7 Å². The molecule has 3 rings (SSSR count). The van der Waals surface area contributed by atoms with E-state index in [1.54, 1.807) is 30.3 Å². The molecule has 1 N–H and O–H groups in total. The number of nitrogens with zero attached hydrogens (tertiary/aromatic N) is 4. The third-order valence-electron chi connectivity index (χ3n) is 3.81. The minimum atomic E-state index is -5.28. The highest BCUT2D eigenvalue weighted by atomic mass is 32.2. The standard InChI is InChI=1S/C16H13N5O7S/c1-9-14(16(23)20(19-9)10-5-3-2-4-6-10)18-17-12-7-11(21(24)25)8-13(15(12)22)29(26,27)28/h2-8,19,22H,1H3,(H,26,27,28)/p-2. The van der Waals surface area contributed by atoms with Crippen LogP contribution in [0.4, 0.5) is 17.1 Å². The number of nitro groups is 1. The number of rotatable bonds is 5. The molecule has 0 aliphatic rings. The van der Waals surface area contributed by atoms with Gasteiger partial charge in [-0.1, -0.05) is 23.9 Å². The van der Waals surface area contributed by atoms with E-state index in [0.717, 1.165) is 0 Å². The van der Waals surface area contributed by atoms with Crippen molar-refractivity contribution in [2.45, 2.75) is 11.8 Å². The molecule has 29 heavy (non-hydrogen) atoms. The first-order valence-corrected chi connectivity index (χ1v) is 9.24. The molecule has 0 bridgehead atoms. The van der Waals surface area contributed by atoms with Crippen LogP contribution in [-0.2, 0) is 10.1 Å². The summed E-state index contributed by atoms with van der Waals surface area (Å²) in [6, 6.07) is 9.49. The molecular formula is C16H11N5O7S-2. The molecule has 2 aromatic carbocycles. The van der Waals surface area contributed by atoms with E-state index in [1.165, 1.54) is 11.6 Å². The molecule has 13 heteroatoms. The molecule has 12 nitrogen and oxygen atoms in total. The van der Waals surface area contributed by atoms with E-state index in [-0.39, 0.29) is 11.4 Å². The molecule has 0 spiro atoms. The minimum absolute atomic E-state index is 0.203. The first-order valence-electron chi connectivity index (χ1n) is 7.83. The van der Waals surface area contributed by atoms with Gasteiger partial charge in [0, 0.05) is 12.1 Å². The molecule has 150 valence electrons. The zero-order valence-electron chi connectivity index (χ0n) is 14.6. The minimum Gasteiger partial charge on any atom is -0.870 e. The summed E-state index contributed by atoms with van der Waals surface area (Å²) in [6.45, 7) is 1.51. The van der Waals surface area contributed by atoms with Gasteiger partial charge in [-0.15, -0.1) is 5.11 Å². The molecule has 0 amide bonds. The Bertz CT molecular complexity index is 1290. The van der Waals surface area contributed by atoms with E-state index < -0.39 is 42.6 Å². The number of nitrogens with one attached hydrogen (secondary N) is 1. The average Bonchev–Trinajstić information content (AvgIpc) is 2.94. The predicted molar refractivity (Wildman–Crippen MR) is 95.8 cm³/mol. The lowest BCUT2D eigenvalue weighted by Gasteiger charge is -2.17. The van der Waals surface area contributed by atoms with Crippen LogP contribution in [0, 0.1) is 17.0 Å². The van der Waals surface area contributed by atoms with Gasteiger partial charge >= 0.3 is 0 Å². The van der Waals surface area contributed by atoms with Gasteiger partial charge in [0.15, 0.2) is 5.69 Å². The summed E-state index contributed by atoms with van der Waals surface area (Å²) in [5, 5.41) is 33.0. The van der Waals surface area contributed by atoms with Crippen LogP contribution in [0.3, 0.4) is 0 Å². The highest BCUT2D eigenvalue weighted by molar-refractivity contribution is 7.85. The van der Waals surface area contributed by atoms with Gasteiger partial charge in [-0.25, -0.2) is 13.1 Å². The number of azo groups is 1. The van der Waals surface area contributed by atoms with Crippen molar-refractivity contribution in [2.24, 2.45) is 10.2 Å². The summed E-state index contributed by atoms with van der Waals surface area (Å²) in [6.07, 6.45) is 0. The Morgan fingerprint density at radius 1 is 1.14 bits per heavy atom. The van der Waals surface area contributed by atoms with Gasteiger partial charge in [0.2, 0.25) is 0 Å². The third kappa shape index (κ3) is 3.90. The van der Waals surface area contributed by atoms with Crippen LogP contribution in [0.2, 0.25) is 0 Å². The number of aromatic nitrogens is 2. The maximum Gasteiger partial charge on any atom is 0.299 e. The average molecular weight is 417 g/mol. The van der Waals surface area contributed by atoms with Crippen molar-refractivity contribution in [1.82, 2.24) is 9.78 Å². The van der Waals surface area contributed by atoms with Gasteiger partial charge in [-0.2, -0.15) is 5.11 Å². The maximum atomic E-state index is 12.5. The number of non-ortho nitro benzene ring substituents is 1. The molecule has 1 aromatic heterocycles. The number of hydrogen-bond donors (Lipinski definition) is 1. The second-order valence-electron chi connectivity index (χ2n) is 5.76. The van der Waals surface area contributed by atoms with Gasteiger partial charge in [-0.3, -0.25) is 20.0 Å². The molecule has 0 atom stereocenters. The largest absolute Gasteiger partial charge is 0.870 e.